The predicted octanol–water partition coefficient (Wildman–Crippen LogP) is 6.82. The fourth-order valence-electron chi connectivity index (χ4n) is 3.57. The van der Waals surface area contributed by atoms with Crippen molar-refractivity contribution in [1.29, 1.82) is 0 Å². The van der Waals surface area contributed by atoms with E-state index >= 15 is 0 Å². The number of rotatable bonds is 12. The van der Waals surface area contributed by atoms with Gasteiger partial charge in [-0.05, 0) is 36.3 Å². The van der Waals surface area contributed by atoms with Crippen molar-refractivity contribution < 1.29 is 4.42 Å². The van der Waals surface area contributed by atoms with Crippen molar-refractivity contribution >= 4 is 10.8 Å². The Morgan fingerprint density at radius 3 is 1.92 bits per heavy atom. The molecule has 1 heterocycles. The Bertz CT molecular complexity index is 684. The molecule has 25 heavy (non-hydrogen) atoms. The van der Waals surface area contributed by atoms with Crippen LogP contribution in [0, 0.1) is 0 Å². The number of benzene rings is 1. The van der Waals surface area contributed by atoms with Gasteiger partial charge in [-0.25, -0.2) is 4.79 Å². The first-order valence-electron chi connectivity index (χ1n) is 10.3. The summed E-state index contributed by atoms with van der Waals surface area (Å²) in [6.07, 6.45) is 14.4. The van der Waals surface area contributed by atoms with Crippen molar-refractivity contribution in [1.82, 2.24) is 0 Å². The van der Waals surface area contributed by atoms with Gasteiger partial charge in [0.15, 0.2) is 0 Å². The van der Waals surface area contributed by atoms with Crippen LogP contribution in [-0.4, -0.2) is 0 Å². The van der Waals surface area contributed by atoms with Crippen LogP contribution >= 0.6 is 0 Å². The molecule has 0 atom stereocenters. The van der Waals surface area contributed by atoms with Gasteiger partial charge in [-0.15, -0.1) is 0 Å². The molecule has 2 nitrogen and oxygen atoms in total. The largest absolute Gasteiger partial charge is 0.427 e. The highest BCUT2D eigenvalue weighted by Gasteiger charge is 2.13. The summed E-state index contributed by atoms with van der Waals surface area (Å²) in [5, 5.41) is 1.85. The predicted molar refractivity (Wildman–Crippen MR) is 107 cm³/mol. The third kappa shape index (κ3) is 6.02. The van der Waals surface area contributed by atoms with E-state index in [1.807, 2.05) is 18.2 Å². The molecule has 0 aliphatic carbocycles. The lowest BCUT2D eigenvalue weighted by atomic mass is 9.97. The van der Waals surface area contributed by atoms with Crippen molar-refractivity contribution in [2.45, 2.75) is 90.9 Å². The quantitative estimate of drug-likeness (QED) is 0.396. The molecule has 0 saturated heterocycles. The van der Waals surface area contributed by atoms with E-state index in [4.69, 9.17) is 4.42 Å². The average Bonchev–Trinajstić information content (AvgIpc) is 2.63. The van der Waals surface area contributed by atoms with Gasteiger partial charge in [0, 0.05) is 6.42 Å². The van der Waals surface area contributed by atoms with Gasteiger partial charge in [0.25, 0.3) is 0 Å². The molecule has 0 aliphatic heterocycles. The lowest BCUT2D eigenvalue weighted by molar-refractivity contribution is 0.447. The van der Waals surface area contributed by atoms with Crippen LogP contribution in [0.2, 0.25) is 0 Å². The Morgan fingerprint density at radius 1 is 0.720 bits per heavy atom. The van der Waals surface area contributed by atoms with Crippen LogP contribution in [0.25, 0.3) is 10.8 Å². The summed E-state index contributed by atoms with van der Waals surface area (Å²) in [4.78, 5) is 12.3. The van der Waals surface area contributed by atoms with Crippen LogP contribution in [0.4, 0.5) is 0 Å². The van der Waals surface area contributed by atoms with Crippen molar-refractivity contribution in [2.24, 2.45) is 0 Å². The molecule has 0 N–H and O–H groups in total. The Hall–Kier alpha value is -1.57. The van der Waals surface area contributed by atoms with E-state index in [1.54, 1.807) is 0 Å². The molecule has 2 heteroatoms. The highest BCUT2D eigenvalue weighted by Crippen LogP contribution is 2.24. The van der Waals surface area contributed by atoms with Gasteiger partial charge in [-0.2, -0.15) is 0 Å². The standard InChI is InChI=1S/C23H34O2/c1-3-5-7-9-11-16-20-19-15-13-14-17-21(19)23(24)25-22(20)18-12-10-8-6-4-2/h13-15,17H,3-12,16,18H2,1-2H3. The van der Waals surface area contributed by atoms with Gasteiger partial charge >= 0.3 is 5.63 Å². The second-order valence-corrected chi connectivity index (χ2v) is 7.17. The summed E-state index contributed by atoms with van der Waals surface area (Å²) in [5.74, 6) is 0.940. The van der Waals surface area contributed by atoms with Gasteiger partial charge < -0.3 is 4.42 Å². The first-order chi connectivity index (χ1) is 12.3. The van der Waals surface area contributed by atoms with E-state index < -0.39 is 0 Å². The molecule has 0 amide bonds. The second kappa shape index (κ2) is 11.1. The van der Waals surface area contributed by atoms with E-state index in [9.17, 15) is 4.79 Å². The topological polar surface area (TPSA) is 30.2 Å². The molecule has 0 saturated carbocycles. The molecule has 0 fully saturated rings. The summed E-state index contributed by atoms with van der Waals surface area (Å²) in [5.41, 5.74) is 1.11. The van der Waals surface area contributed by atoms with Crippen LogP contribution in [0.15, 0.2) is 33.5 Å². The molecule has 2 rings (SSSR count). The zero-order valence-corrected chi connectivity index (χ0v) is 16.1. The number of hydrogen-bond acceptors (Lipinski definition) is 2. The van der Waals surface area contributed by atoms with E-state index in [2.05, 4.69) is 19.9 Å². The number of aryl methyl sites for hydroxylation is 2. The second-order valence-electron chi connectivity index (χ2n) is 7.17. The lowest BCUT2D eigenvalue weighted by Crippen LogP contribution is -2.07. The Balaban J connectivity index is 2.13. The van der Waals surface area contributed by atoms with E-state index in [0.717, 1.165) is 35.8 Å². The van der Waals surface area contributed by atoms with Crippen LogP contribution < -0.4 is 5.63 Å². The summed E-state index contributed by atoms with van der Waals surface area (Å²) in [7, 11) is 0. The minimum atomic E-state index is -0.172. The number of unbranched alkanes of at least 4 members (excludes halogenated alkanes) is 8. The van der Waals surface area contributed by atoms with Crippen molar-refractivity contribution in [2.75, 3.05) is 0 Å². The Morgan fingerprint density at radius 2 is 1.28 bits per heavy atom. The molecule has 0 unspecified atom stereocenters. The minimum absolute atomic E-state index is 0.172. The molecule has 1 aromatic carbocycles. The number of hydrogen-bond donors (Lipinski definition) is 0. The zero-order chi connectivity index (χ0) is 17.9. The SMILES string of the molecule is CCCCCCCc1oc(=O)c2ccccc2c1CCCCCCC. The van der Waals surface area contributed by atoms with Crippen molar-refractivity contribution in [3.8, 4) is 0 Å². The minimum Gasteiger partial charge on any atom is -0.427 e. The highest BCUT2D eigenvalue weighted by atomic mass is 16.4. The first kappa shape index (κ1) is 19.8. The molecule has 0 aliphatic rings. The smallest absolute Gasteiger partial charge is 0.343 e. The third-order valence-corrected chi connectivity index (χ3v) is 5.06. The molecule has 1 aromatic heterocycles. The third-order valence-electron chi connectivity index (χ3n) is 5.06. The summed E-state index contributed by atoms with van der Waals surface area (Å²) in [6.45, 7) is 4.48. The maximum absolute atomic E-state index is 12.3. The molecular weight excluding hydrogens is 308 g/mol. The van der Waals surface area contributed by atoms with Gasteiger partial charge in [-0.3, -0.25) is 0 Å². The van der Waals surface area contributed by atoms with Gasteiger partial charge in [0.1, 0.15) is 5.76 Å². The normalized spacial score (nSPS) is 11.3. The first-order valence-corrected chi connectivity index (χ1v) is 10.3. The van der Waals surface area contributed by atoms with Crippen molar-refractivity contribution in [3.05, 3.63) is 46.0 Å². The fourth-order valence-corrected chi connectivity index (χ4v) is 3.57. The summed E-state index contributed by atoms with van der Waals surface area (Å²) < 4.78 is 5.75. The fraction of sp³-hybridized carbons (Fsp3) is 0.609. The molecule has 0 radical (unpaired) electrons. The maximum Gasteiger partial charge on any atom is 0.343 e. The molecule has 138 valence electrons. The van der Waals surface area contributed by atoms with Crippen LogP contribution in [-0.2, 0) is 12.8 Å². The Kier molecular flexibility index (Phi) is 8.79. The van der Waals surface area contributed by atoms with Gasteiger partial charge in [0.2, 0.25) is 0 Å². The zero-order valence-electron chi connectivity index (χ0n) is 16.1. The summed E-state index contributed by atoms with van der Waals surface area (Å²) in [6, 6.07) is 7.95. The number of fused-ring (bicyclic) bond motifs is 1. The van der Waals surface area contributed by atoms with Crippen molar-refractivity contribution in [3.63, 3.8) is 0 Å². The molecule has 0 spiro atoms. The van der Waals surface area contributed by atoms with Crippen LogP contribution in [0.1, 0.15) is 89.4 Å². The molecule has 0 bridgehead atoms. The highest BCUT2D eigenvalue weighted by molar-refractivity contribution is 5.84. The average molecular weight is 343 g/mol. The van der Waals surface area contributed by atoms with Gasteiger partial charge in [-0.1, -0.05) is 83.4 Å². The molecular formula is C23H34O2. The van der Waals surface area contributed by atoms with E-state index in [-0.39, 0.29) is 5.63 Å². The summed E-state index contributed by atoms with van der Waals surface area (Å²) >= 11 is 0. The van der Waals surface area contributed by atoms with E-state index in [0.29, 0.717) is 0 Å². The van der Waals surface area contributed by atoms with Gasteiger partial charge in [0.05, 0.1) is 5.39 Å². The van der Waals surface area contributed by atoms with Crippen LogP contribution in [0.3, 0.4) is 0 Å². The monoisotopic (exact) mass is 342 g/mol. The maximum atomic E-state index is 12.3. The Labute approximate surface area is 152 Å². The molecule has 2 aromatic rings. The van der Waals surface area contributed by atoms with E-state index in [1.165, 1.54) is 63.4 Å². The van der Waals surface area contributed by atoms with Crippen LogP contribution in [0.5, 0.6) is 0 Å². The lowest BCUT2D eigenvalue weighted by Gasteiger charge is -2.12.